The third-order valence-corrected chi connectivity index (χ3v) is 5.64. The molecule has 1 heterocycles. The maximum absolute atomic E-state index is 12.9. The molecular weight excluding hydrogens is 439 g/mol. The third kappa shape index (κ3) is 5.79. The van der Waals surface area contributed by atoms with E-state index in [1.165, 1.54) is 12.1 Å². The number of amides is 2. The summed E-state index contributed by atoms with van der Waals surface area (Å²) in [6.45, 7) is 1.94. The average Bonchev–Trinajstić information content (AvgIpc) is 2.74. The van der Waals surface area contributed by atoms with Crippen molar-refractivity contribution in [3.05, 3.63) is 64.4 Å². The van der Waals surface area contributed by atoms with Gasteiger partial charge < -0.3 is 14.5 Å². The van der Waals surface area contributed by atoms with Gasteiger partial charge in [-0.25, -0.2) is 4.39 Å². The van der Waals surface area contributed by atoms with Crippen LogP contribution in [0.5, 0.6) is 5.75 Å². The molecule has 0 aliphatic carbocycles. The molecule has 1 fully saturated rings. The monoisotopic (exact) mass is 462 g/mol. The number of nitrogens with zero attached hydrogens (tertiary/aromatic N) is 2. The molecule has 2 aromatic rings. The molecule has 2 amide bonds. The molecule has 3 rings (SSSR count). The van der Waals surface area contributed by atoms with Gasteiger partial charge in [-0.1, -0.05) is 15.9 Å². The zero-order chi connectivity index (χ0) is 20.8. The largest absolute Gasteiger partial charge is 0.492 e. The van der Waals surface area contributed by atoms with Crippen LogP contribution >= 0.6 is 15.9 Å². The fraction of sp³-hybridized carbons (Fsp3) is 0.364. The number of carbonyl (C=O) groups excluding carboxylic acids is 2. The molecule has 0 atom stereocenters. The Labute approximate surface area is 178 Å². The molecule has 0 saturated carbocycles. The molecule has 0 N–H and O–H groups in total. The molecule has 0 bridgehead atoms. The lowest BCUT2D eigenvalue weighted by molar-refractivity contribution is -0.135. The first-order valence-electron chi connectivity index (χ1n) is 9.62. The fourth-order valence-corrected chi connectivity index (χ4v) is 3.62. The van der Waals surface area contributed by atoms with Crippen molar-refractivity contribution in [1.82, 2.24) is 9.80 Å². The summed E-state index contributed by atoms with van der Waals surface area (Å²) in [6, 6.07) is 13.1. The lowest BCUT2D eigenvalue weighted by atomic mass is 9.95. The van der Waals surface area contributed by atoms with Gasteiger partial charge in [0.15, 0.2) is 0 Å². The molecular formula is C22H24BrFN2O3. The van der Waals surface area contributed by atoms with Crippen LogP contribution in [-0.2, 0) is 4.79 Å². The Balaban J connectivity index is 1.43. The lowest BCUT2D eigenvalue weighted by Crippen LogP contribution is -2.44. The highest BCUT2D eigenvalue weighted by Crippen LogP contribution is 2.21. The second-order valence-corrected chi connectivity index (χ2v) is 8.05. The molecule has 5 nitrogen and oxygen atoms in total. The van der Waals surface area contributed by atoms with Crippen LogP contribution in [0.2, 0.25) is 0 Å². The summed E-state index contributed by atoms with van der Waals surface area (Å²) >= 11 is 3.37. The Bertz CT molecular complexity index is 834. The predicted molar refractivity (Wildman–Crippen MR) is 112 cm³/mol. The maximum atomic E-state index is 12.9. The average molecular weight is 463 g/mol. The number of likely N-dealkylation sites (N-methyl/N-ethyl adjacent to an activating group) is 1. The molecule has 7 heteroatoms. The first-order chi connectivity index (χ1) is 13.9. The van der Waals surface area contributed by atoms with Crippen LogP contribution in [0.15, 0.2) is 53.0 Å². The molecule has 29 heavy (non-hydrogen) atoms. The first-order valence-corrected chi connectivity index (χ1v) is 10.4. The molecule has 1 aliphatic rings. The topological polar surface area (TPSA) is 49.9 Å². The third-order valence-electron chi connectivity index (χ3n) is 5.11. The van der Waals surface area contributed by atoms with Crippen LogP contribution < -0.4 is 4.74 Å². The van der Waals surface area contributed by atoms with E-state index in [1.807, 2.05) is 17.0 Å². The van der Waals surface area contributed by atoms with Crippen molar-refractivity contribution in [3.63, 3.8) is 0 Å². The summed E-state index contributed by atoms with van der Waals surface area (Å²) in [7, 11) is 1.76. The van der Waals surface area contributed by atoms with Crippen molar-refractivity contribution >= 4 is 27.7 Å². The van der Waals surface area contributed by atoms with Crippen LogP contribution in [0.25, 0.3) is 0 Å². The van der Waals surface area contributed by atoms with Gasteiger partial charge in [0.2, 0.25) is 5.91 Å². The summed E-state index contributed by atoms with van der Waals surface area (Å²) in [5.41, 5.74) is 0.660. The van der Waals surface area contributed by atoms with Gasteiger partial charge in [-0.05, 0) is 61.4 Å². The van der Waals surface area contributed by atoms with E-state index in [4.69, 9.17) is 4.74 Å². The maximum Gasteiger partial charge on any atom is 0.253 e. The minimum Gasteiger partial charge on any atom is -0.492 e. The smallest absolute Gasteiger partial charge is 0.253 e. The minimum absolute atomic E-state index is 0.00412. The summed E-state index contributed by atoms with van der Waals surface area (Å²) in [5.74, 6) is 0.259. The molecule has 1 aliphatic heterocycles. The summed E-state index contributed by atoms with van der Waals surface area (Å²) < 4.78 is 19.4. The van der Waals surface area contributed by atoms with Crippen LogP contribution in [0.4, 0.5) is 4.39 Å². The Morgan fingerprint density at radius 1 is 1.10 bits per heavy atom. The van der Waals surface area contributed by atoms with E-state index in [-0.39, 0.29) is 23.5 Å². The number of rotatable bonds is 6. The highest BCUT2D eigenvalue weighted by molar-refractivity contribution is 9.10. The zero-order valence-electron chi connectivity index (χ0n) is 16.3. The van der Waals surface area contributed by atoms with Crippen molar-refractivity contribution in [2.75, 3.05) is 33.3 Å². The molecule has 154 valence electrons. The van der Waals surface area contributed by atoms with Crippen molar-refractivity contribution in [2.45, 2.75) is 12.8 Å². The molecule has 1 saturated heterocycles. The molecule has 0 unspecified atom stereocenters. The van der Waals surface area contributed by atoms with Crippen LogP contribution in [0, 0.1) is 11.7 Å². The van der Waals surface area contributed by atoms with E-state index >= 15 is 0 Å². The Morgan fingerprint density at radius 2 is 1.72 bits per heavy atom. The van der Waals surface area contributed by atoms with Gasteiger partial charge in [0.25, 0.3) is 5.91 Å². The van der Waals surface area contributed by atoms with Crippen molar-refractivity contribution in [3.8, 4) is 5.75 Å². The molecule has 0 aromatic heterocycles. The summed E-state index contributed by atoms with van der Waals surface area (Å²) in [4.78, 5) is 28.8. The van der Waals surface area contributed by atoms with Crippen LogP contribution in [0.3, 0.4) is 0 Å². The first kappa shape index (κ1) is 21.3. The van der Waals surface area contributed by atoms with Gasteiger partial charge in [-0.15, -0.1) is 0 Å². The standard InChI is InChI=1S/C22H24BrFN2O3/c1-25(14-15-29-20-8-6-19(24)7-9-20)21(27)17-10-12-26(13-11-17)22(28)16-2-4-18(23)5-3-16/h2-9,17H,10-15H2,1H3. The predicted octanol–water partition coefficient (Wildman–Crippen LogP) is 3.98. The molecule has 2 aromatic carbocycles. The second kappa shape index (κ2) is 9.87. The Hall–Kier alpha value is -2.41. The van der Waals surface area contributed by atoms with E-state index in [9.17, 15) is 14.0 Å². The SMILES string of the molecule is CN(CCOc1ccc(F)cc1)C(=O)C1CCN(C(=O)c2ccc(Br)cc2)CC1. The molecule has 0 radical (unpaired) electrons. The minimum atomic E-state index is -0.311. The van der Waals surface area contributed by atoms with Crippen molar-refractivity contribution in [1.29, 1.82) is 0 Å². The molecule has 0 spiro atoms. The highest BCUT2D eigenvalue weighted by atomic mass is 79.9. The lowest BCUT2D eigenvalue weighted by Gasteiger charge is -2.33. The van der Waals surface area contributed by atoms with Gasteiger partial charge in [0.1, 0.15) is 18.2 Å². The fourth-order valence-electron chi connectivity index (χ4n) is 3.36. The Kier molecular flexibility index (Phi) is 7.25. The number of halogens is 2. The second-order valence-electron chi connectivity index (χ2n) is 7.14. The number of piperidine rings is 1. The van der Waals surface area contributed by atoms with Crippen molar-refractivity contribution in [2.24, 2.45) is 5.92 Å². The van der Waals surface area contributed by atoms with E-state index in [0.717, 1.165) is 4.47 Å². The Morgan fingerprint density at radius 3 is 2.34 bits per heavy atom. The summed E-state index contributed by atoms with van der Waals surface area (Å²) in [6.07, 6.45) is 1.31. The van der Waals surface area contributed by atoms with E-state index in [1.54, 1.807) is 36.2 Å². The number of carbonyl (C=O) groups is 2. The number of ether oxygens (including phenoxy) is 1. The zero-order valence-corrected chi connectivity index (χ0v) is 17.9. The van der Waals surface area contributed by atoms with Crippen LogP contribution in [0.1, 0.15) is 23.2 Å². The van der Waals surface area contributed by atoms with Gasteiger partial charge in [-0.3, -0.25) is 9.59 Å². The van der Waals surface area contributed by atoms with Crippen LogP contribution in [-0.4, -0.2) is 54.9 Å². The van der Waals surface area contributed by atoms with E-state index in [2.05, 4.69) is 15.9 Å². The summed E-state index contributed by atoms with van der Waals surface area (Å²) in [5, 5.41) is 0. The van der Waals surface area contributed by atoms with Gasteiger partial charge in [-0.2, -0.15) is 0 Å². The van der Waals surface area contributed by atoms with Gasteiger partial charge >= 0.3 is 0 Å². The number of benzene rings is 2. The number of likely N-dealkylation sites (tertiary alicyclic amines) is 1. The normalized spacial score (nSPS) is 14.5. The quantitative estimate of drug-likeness (QED) is 0.652. The van der Waals surface area contributed by atoms with E-state index < -0.39 is 0 Å². The van der Waals surface area contributed by atoms with Gasteiger partial charge in [0, 0.05) is 36.1 Å². The van der Waals surface area contributed by atoms with E-state index in [0.29, 0.717) is 50.4 Å². The van der Waals surface area contributed by atoms with Crippen molar-refractivity contribution < 1.29 is 18.7 Å². The number of hydrogen-bond donors (Lipinski definition) is 0. The van der Waals surface area contributed by atoms with Gasteiger partial charge in [0.05, 0.1) is 6.54 Å². The number of hydrogen-bond acceptors (Lipinski definition) is 3. The highest BCUT2D eigenvalue weighted by Gasteiger charge is 2.29.